The van der Waals surface area contributed by atoms with Crippen LogP contribution >= 0.6 is 0 Å². The van der Waals surface area contributed by atoms with Crippen molar-refractivity contribution in [3.05, 3.63) is 59.7 Å². The number of hydrogen-bond donors (Lipinski definition) is 2. The first-order valence-electron chi connectivity index (χ1n) is 13.9. The molecule has 2 aromatic rings. The summed E-state index contributed by atoms with van der Waals surface area (Å²) in [5, 5.41) is 2.59. The molecule has 0 radical (unpaired) electrons. The maximum Gasteiger partial charge on any atom is 0.264 e. The van der Waals surface area contributed by atoms with E-state index in [0.717, 1.165) is 37.8 Å². The van der Waals surface area contributed by atoms with Crippen molar-refractivity contribution in [1.29, 1.82) is 0 Å². The van der Waals surface area contributed by atoms with Gasteiger partial charge in [0.15, 0.2) is 5.78 Å². The van der Waals surface area contributed by atoms with Gasteiger partial charge in [-0.3, -0.25) is 19.2 Å². The topological polar surface area (TPSA) is 113 Å². The van der Waals surface area contributed by atoms with E-state index in [-0.39, 0.29) is 23.8 Å². The number of para-hydroxylation sites is 2. The number of benzene rings is 2. The Labute approximate surface area is 231 Å². The average Bonchev–Trinajstić information content (AvgIpc) is 3.84. The summed E-state index contributed by atoms with van der Waals surface area (Å²) in [4.78, 5) is 58.4. The van der Waals surface area contributed by atoms with Gasteiger partial charge in [0.2, 0.25) is 11.4 Å². The maximum atomic E-state index is 14.2. The van der Waals surface area contributed by atoms with Crippen LogP contribution in [0.3, 0.4) is 0 Å². The number of nitrogens with zero attached hydrogens (tertiary/aromatic N) is 2. The number of Topliss-reactive ketones (excluding diaryl/α,β-unsaturated/α-hetero) is 1. The first-order valence-corrected chi connectivity index (χ1v) is 13.9. The van der Waals surface area contributed by atoms with Crippen LogP contribution in [0, 0.1) is 23.5 Å². The molecule has 2 fully saturated rings. The molecule has 2 saturated carbocycles. The van der Waals surface area contributed by atoms with Crippen molar-refractivity contribution in [1.82, 2.24) is 5.32 Å². The second kappa shape index (κ2) is 11.1. The number of carbonyl (C=O) groups is 4. The number of ketones is 1. The summed E-state index contributed by atoms with van der Waals surface area (Å²) in [5.74, 6) is -4.33. The molecule has 2 aliphatic carbocycles. The third kappa shape index (κ3) is 5.63. The number of amides is 3. The lowest BCUT2D eigenvalue weighted by atomic mass is 9.85. The van der Waals surface area contributed by atoms with Gasteiger partial charge >= 0.3 is 0 Å². The molecular weight excluding hydrogens is 518 g/mol. The molecule has 212 valence electrons. The van der Waals surface area contributed by atoms with Gasteiger partial charge in [-0.2, -0.15) is 0 Å². The van der Waals surface area contributed by atoms with E-state index in [1.807, 2.05) is 0 Å². The van der Waals surface area contributed by atoms with Crippen molar-refractivity contribution < 1.29 is 28.0 Å². The van der Waals surface area contributed by atoms with Crippen molar-refractivity contribution in [3.63, 3.8) is 0 Å². The Hall–Kier alpha value is -3.66. The highest BCUT2D eigenvalue weighted by Gasteiger charge is 2.58. The molecule has 8 nitrogen and oxygen atoms in total. The van der Waals surface area contributed by atoms with E-state index in [1.54, 1.807) is 31.2 Å². The number of nitrogens with one attached hydrogen (secondary N) is 1. The van der Waals surface area contributed by atoms with Crippen LogP contribution in [0.5, 0.6) is 0 Å². The number of halogens is 2. The van der Waals surface area contributed by atoms with Crippen molar-refractivity contribution in [3.8, 4) is 0 Å². The second-order valence-electron chi connectivity index (χ2n) is 11.2. The van der Waals surface area contributed by atoms with E-state index in [1.165, 1.54) is 9.80 Å². The van der Waals surface area contributed by atoms with Gasteiger partial charge in [-0.25, -0.2) is 8.78 Å². The Balaban J connectivity index is 1.48. The maximum absolute atomic E-state index is 14.2. The summed E-state index contributed by atoms with van der Waals surface area (Å²) in [6.07, 6.45) is 3.92. The number of rotatable bonds is 11. The molecule has 0 spiro atoms. The molecule has 3 aliphatic rings. The molecule has 0 unspecified atom stereocenters. The Morgan fingerprint density at radius 3 is 1.90 bits per heavy atom. The Bertz CT molecular complexity index is 1270. The molecule has 40 heavy (non-hydrogen) atoms. The van der Waals surface area contributed by atoms with Gasteiger partial charge in [-0.1, -0.05) is 25.5 Å². The predicted molar refractivity (Wildman–Crippen MR) is 145 cm³/mol. The minimum absolute atomic E-state index is 0.0865. The average molecular weight is 553 g/mol. The van der Waals surface area contributed by atoms with Gasteiger partial charge in [-0.05, 0) is 73.8 Å². The van der Waals surface area contributed by atoms with Crippen LogP contribution in [0.1, 0.15) is 51.0 Å². The number of fused-ring (bicyclic) bond motifs is 1. The summed E-state index contributed by atoms with van der Waals surface area (Å²) in [6.45, 7) is 2.47. The Kier molecular flexibility index (Phi) is 7.72. The molecule has 3 N–H and O–H groups in total. The van der Waals surface area contributed by atoms with Crippen LogP contribution in [0.2, 0.25) is 0 Å². The molecule has 1 aliphatic heterocycles. The fourth-order valence-corrected chi connectivity index (χ4v) is 5.32. The van der Waals surface area contributed by atoms with Crippen LogP contribution in [-0.2, 0) is 25.6 Å². The van der Waals surface area contributed by atoms with Gasteiger partial charge in [0.05, 0.1) is 23.8 Å². The highest BCUT2D eigenvalue weighted by atomic mass is 19.1. The first-order chi connectivity index (χ1) is 19.1. The largest absolute Gasteiger partial charge is 0.346 e. The quantitative estimate of drug-likeness (QED) is 0.416. The summed E-state index contributed by atoms with van der Waals surface area (Å²) < 4.78 is 27.3. The van der Waals surface area contributed by atoms with Gasteiger partial charge in [0.25, 0.3) is 11.8 Å². The van der Waals surface area contributed by atoms with Crippen molar-refractivity contribution in [2.45, 2.75) is 63.5 Å². The molecule has 1 atom stereocenters. The van der Waals surface area contributed by atoms with E-state index in [0.29, 0.717) is 37.0 Å². The van der Waals surface area contributed by atoms with Crippen LogP contribution in [0.4, 0.5) is 20.2 Å². The highest BCUT2D eigenvalue weighted by molar-refractivity contribution is 6.37. The summed E-state index contributed by atoms with van der Waals surface area (Å²) in [7, 11) is 0. The number of hydrogen-bond acceptors (Lipinski definition) is 5. The van der Waals surface area contributed by atoms with E-state index in [4.69, 9.17) is 5.73 Å². The van der Waals surface area contributed by atoms with E-state index >= 15 is 0 Å². The van der Waals surface area contributed by atoms with Crippen molar-refractivity contribution in [2.24, 2.45) is 17.6 Å². The molecule has 3 amide bonds. The third-order valence-electron chi connectivity index (χ3n) is 7.81. The summed E-state index contributed by atoms with van der Waals surface area (Å²) >= 11 is 0. The molecule has 1 heterocycles. The minimum Gasteiger partial charge on any atom is -0.346 e. The monoisotopic (exact) mass is 552 g/mol. The number of anilines is 2. The van der Waals surface area contributed by atoms with Crippen LogP contribution < -0.4 is 20.9 Å². The lowest BCUT2D eigenvalue weighted by Gasteiger charge is -2.33. The first kappa shape index (κ1) is 27.9. The standard InChI is InChI=1S/C30H34F2N4O4/c1-2-5-23(34-26(37)14-20-12-21(31)15-22(32)13-20)27(38)30(33)28(39)35(16-18-8-9-18)24-6-3-4-7-25(24)36(29(30)40)17-19-10-11-19/h3-4,6-7,12-13,15,18-19,23H,2,5,8-11,14,16-17,33H2,1H3,(H,34,37)/t23-/m0/s1. The van der Waals surface area contributed by atoms with Gasteiger partial charge in [0.1, 0.15) is 11.6 Å². The zero-order chi connectivity index (χ0) is 28.6. The second-order valence-corrected chi connectivity index (χ2v) is 11.2. The molecule has 0 aromatic heterocycles. The Morgan fingerprint density at radius 2 is 1.45 bits per heavy atom. The SMILES string of the molecule is CCC[C@H](NC(=O)Cc1cc(F)cc(F)c1)C(=O)C1(N)C(=O)N(CC2CC2)c2ccccc2N(CC2CC2)C1=O. The van der Waals surface area contributed by atoms with E-state index in [9.17, 15) is 28.0 Å². The van der Waals surface area contributed by atoms with Crippen LogP contribution in [0.25, 0.3) is 0 Å². The smallest absolute Gasteiger partial charge is 0.264 e. The highest BCUT2D eigenvalue weighted by Crippen LogP contribution is 2.41. The molecule has 5 rings (SSSR count). The molecular formula is C30H34F2N4O4. The predicted octanol–water partition coefficient (Wildman–Crippen LogP) is 3.26. The molecule has 2 aromatic carbocycles. The zero-order valence-electron chi connectivity index (χ0n) is 22.5. The zero-order valence-corrected chi connectivity index (χ0v) is 22.5. The van der Waals surface area contributed by atoms with Crippen molar-refractivity contribution >= 4 is 34.9 Å². The lowest BCUT2D eigenvalue weighted by molar-refractivity contribution is -0.144. The molecule has 10 heteroatoms. The minimum atomic E-state index is -2.55. The summed E-state index contributed by atoms with van der Waals surface area (Å²) in [5.41, 5.74) is 5.27. The molecule has 0 bridgehead atoms. The van der Waals surface area contributed by atoms with E-state index in [2.05, 4.69) is 5.32 Å². The van der Waals surface area contributed by atoms with Gasteiger partial charge in [-0.15, -0.1) is 0 Å². The van der Waals surface area contributed by atoms with Gasteiger partial charge in [0, 0.05) is 19.2 Å². The van der Waals surface area contributed by atoms with Crippen LogP contribution in [-0.4, -0.2) is 48.2 Å². The van der Waals surface area contributed by atoms with Gasteiger partial charge < -0.3 is 20.9 Å². The number of nitrogens with two attached hydrogens (primary N) is 1. The summed E-state index contributed by atoms with van der Waals surface area (Å²) in [6, 6.07) is 8.62. The third-order valence-corrected chi connectivity index (χ3v) is 7.81. The fraction of sp³-hybridized carbons (Fsp3) is 0.467. The number of carbonyl (C=O) groups excluding carboxylic acids is 4. The normalized spacial score (nSPS) is 19.2. The van der Waals surface area contributed by atoms with E-state index < -0.39 is 53.1 Å². The van der Waals surface area contributed by atoms with Crippen molar-refractivity contribution in [2.75, 3.05) is 22.9 Å². The molecule has 0 saturated heterocycles. The lowest BCUT2D eigenvalue weighted by Crippen LogP contribution is -2.71. The van der Waals surface area contributed by atoms with Crippen LogP contribution in [0.15, 0.2) is 42.5 Å². The Morgan fingerprint density at radius 1 is 0.950 bits per heavy atom. The fourth-order valence-electron chi connectivity index (χ4n) is 5.32.